The number of nitrogens with one attached hydrogen (secondary N) is 1. The molecular formula is C17H13N3O3S2. The molecule has 2 aromatic rings. The number of hydrogen-bond donors (Lipinski definition) is 1. The lowest BCUT2D eigenvalue weighted by Crippen LogP contribution is -2.44. The first-order chi connectivity index (χ1) is 12.1. The highest BCUT2D eigenvalue weighted by molar-refractivity contribution is 8.26. The fraction of sp³-hybridized carbons (Fsp3) is 0.0588. The van der Waals surface area contributed by atoms with E-state index in [-0.39, 0.29) is 4.32 Å². The highest BCUT2D eigenvalue weighted by Crippen LogP contribution is 2.33. The van der Waals surface area contributed by atoms with Gasteiger partial charge in [0.15, 0.2) is 4.32 Å². The summed E-state index contributed by atoms with van der Waals surface area (Å²) in [7, 11) is 1.56. The average Bonchev–Trinajstić information content (AvgIpc) is 2.90. The van der Waals surface area contributed by atoms with Crippen molar-refractivity contribution in [3.05, 3.63) is 64.8 Å². The summed E-state index contributed by atoms with van der Waals surface area (Å²) in [4.78, 5) is 29.1. The molecule has 25 heavy (non-hydrogen) atoms. The van der Waals surface area contributed by atoms with Gasteiger partial charge in [0.05, 0.1) is 17.6 Å². The Kier molecular flexibility index (Phi) is 5.11. The number of thiocarbonyl (C=S) groups is 1. The van der Waals surface area contributed by atoms with Crippen LogP contribution in [-0.2, 0) is 4.79 Å². The number of carbonyl (C=O) groups is 2. The molecule has 1 aliphatic heterocycles. The van der Waals surface area contributed by atoms with E-state index in [1.807, 2.05) is 18.2 Å². The smallest absolute Gasteiger partial charge is 0.285 e. The van der Waals surface area contributed by atoms with Crippen LogP contribution in [0.5, 0.6) is 5.75 Å². The first-order valence-electron chi connectivity index (χ1n) is 7.22. The molecule has 0 spiro atoms. The predicted molar refractivity (Wildman–Crippen MR) is 99.7 cm³/mol. The highest BCUT2D eigenvalue weighted by atomic mass is 32.2. The molecule has 1 aromatic carbocycles. The maximum absolute atomic E-state index is 12.6. The van der Waals surface area contributed by atoms with Crippen molar-refractivity contribution in [2.75, 3.05) is 7.11 Å². The zero-order valence-electron chi connectivity index (χ0n) is 13.1. The van der Waals surface area contributed by atoms with E-state index in [0.717, 1.165) is 22.3 Å². The van der Waals surface area contributed by atoms with Crippen molar-refractivity contribution in [2.24, 2.45) is 0 Å². The van der Waals surface area contributed by atoms with E-state index < -0.39 is 11.8 Å². The van der Waals surface area contributed by atoms with Crippen LogP contribution in [0.15, 0.2) is 53.7 Å². The maximum atomic E-state index is 12.6. The lowest BCUT2D eigenvalue weighted by molar-refractivity contribution is -0.123. The van der Waals surface area contributed by atoms with Crippen LogP contribution in [0.4, 0.5) is 0 Å². The number of methoxy groups -OCH3 is 1. The number of hydrazine groups is 1. The molecule has 0 radical (unpaired) electrons. The van der Waals surface area contributed by atoms with Gasteiger partial charge in [0.1, 0.15) is 5.75 Å². The average molecular weight is 371 g/mol. The predicted octanol–water partition coefficient (Wildman–Crippen LogP) is 2.64. The molecule has 8 heteroatoms. The number of aromatic nitrogens is 1. The van der Waals surface area contributed by atoms with Gasteiger partial charge in [0, 0.05) is 18.0 Å². The molecule has 0 bridgehead atoms. The summed E-state index contributed by atoms with van der Waals surface area (Å²) in [6.07, 6.45) is 4.67. The number of benzene rings is 1. The van der Waals surface area contributed by atoms with Gasteiger partial charge in [0.25, 0.3) is 11.8 Å². The number of nitrogens with zero attached hydrogens (tertiary/aromatic N) is 2. The maximum Gasteiger partial charge on any atom is 0.285 e. The van der Waals surface area contributed by atoms with E-state index in [0.29, 0.717) is 16.2 Å². The Morgan fingerprint density at radius 3 is 2.84 bits per heavy atom. The number of thioether (sulfide) groups is 1. The van der Waals surface area contributed by atoms with Gasteiger partial charge in [-0.1, -0.05) is 30.0 Å². The summed E-state index contributed by atoms with van der Waals surface area (Å²) in [6.45, 7) is 0. The van der Waals surface area contributed by atoms with Gasteiger partial charge in [-0.2, -0.15) is 5.01 Å². The number of amides is 2. The minimum atomic E-state index is -0.456. The van der Waals surface area contributed by atoms with Crippen LogP contribution in [0, 0.1) is 0 Å². The summed E-state index contributed by atoms with van der Waals surface area (Å²) >= 11 is 6.32. The van der Waals surface area contributed by atoms with E-state index in [9.17, 15) is 9.59 Å². The second-order valence-electron chi connectivity index (χ2n) is 4.94. The van der Waals surface area contributed by atoms with Crippen LogP contribution in [0.3, 0.4) is 0 Å². The summed E-state index contributed by atoms with van der Waals surface area (Å²) in [5.41, 5.74) is 3.60. The van der Waals surface area contributed by atoms with Gasteiger partial charge in [-0.25, -0.2) is 0 Å². The van der Waals surface area contributed by atoms with Crippen molar-refractivity contribution < 1.29 is 14.3 Å². The van der Waals surface area contributed by atoms with Gasteiger partial charge in [-0.15, -0.1) is 0 Å². The molecule has 1 aromatic heterocycles. The molecule has 126 valence electrons. The molecule has 0 saturated carbocycles. The Hall–Kier alpha value is -2.71. The third kappa shape index (κ3) is 3.70. The molecule has 0 atom stereocenters. The molecule has 2 amide bonds. The van der Waals surface area contributed by atoms with E-state index in [4.69, 9.17) is 17.0 Å². The van der Waals surface area contributed by atoms with Crippen LogP contribution in [0.25, 0.3) is 6.08 Å². The Morgan fingerprint density at radius 2 is 2.12 bits per heavy atom. The molecule has 1 saturated heterocycles. The van der Waals surface area contributed by atoms with Crippen molar-refractivity contribution in [1.29, 1.82) is 0 Å². The van der Waals surface area contributed by atoms with Crippen molar-refractivity contribution >= 4 is 46.2 Å². The molecule has 0 aliphatic carbocycles. The standard InChI is InChI=1S/C17H13N3O3S2/c1-23-13-7-3-2-5-11(13)9-14-16(22)20(17(24)25-14)19-15(21)12-6-4-8-18-10-12/h2-10H,1H3,(H,19,21). The Morgan fingerprint density at radius 1 is 1.32 bits per heavy atom. The summed E-state index contributed by atoms with van der Waals surface area (Å²) in [5.74, 6) is -0.201. The highest BCUT2D eigenvalue weighted by Gasteiger charge is 2.34. The molecule has 6 nitrogen and oxygen atoms in total. The molecule has 2 heterocycles. The van der Waals surface area contributed by atoms with E-state index in [2.05, 4.69) is 10.4 Å². The van der Waals surface area contributed by atoms with Crippen molar-refractivity contribution in [1.82, 2.24) is 15.4 Å². The normalized spacial score (nSPS) is 15.6. The van der Waals surface area contributed by atoms with Gasteiger partial charge in [0.2, 0.25) is 0 Å². The van der Waals surface area contributed by atoms with Crippen LogP contribution in [0.2, 0.25) is 0 Å². The van der Waals surface area contributed by atoms with Gasteiger partial charge in [-0.05, 0) is 36.5 Å². The number of pyridine rings is 1. The fourth-order valence-corrected chi connectivity index (χ4v) is 3.32. The van der Waals surface area contributed by atoms with Gasteiger partial charge in [-0.3, -0.25) is 20.0 Å². The van der Waals surface area contributed by atoms with Gasteiger partial charge < -0.3 is 4.74 Å². The first-order valence-corrected chi connectivity index (χ1v) is 8.44. The number of hydrogen-bond acceptors (Lipinski definition) is 6. The Balaban J connectivity index is 1.81. The second-order valence-corrected chi connectivity index (χ2v) is 6.62. The molecule has 3 rings (SSSR count). The third-order valence-corrected chi connectivity index (χ3v) is 4.66. The van der Waals surface area contributed by atoms with E-state index in [1.54, 1.807) is 37.6 Å². The first kappa shape index (κ1) is 17.1. The fourth-order valence-electron chi connectivity index (χ4n) is 2.15. The van der Waals surface area contributed by atoms with Crippen molar-refractivity contribution in [3.8, 4) is 5.75 Å². The molecule has 1 aliphatic rings. The molecule has 0 unspecified atom stereocenters. The van der Waals surface area contributed by atoms with Crippen molar-refractivity contribution in [3.63, 3.8) is 0 Å². The zero-order chi connectivity index (χ0) is 17.8. The monoisotopic (exact) mass is 371 g/mol. The lowest BCUT2D eigenvalue weighted by Gasteiger charge is -2.15. The molecule has 1 fully saturated rings. The summed E-state index contributed by atoms with van der Waals surface area (Å²) in [6, 6.07) is 10.6. The molecule has 1 N–H and O–H groups in total. The number of rotatable bonds is 4. The Bertz CT molecular complexity index is 868. The number of ether oxygens (including phenoxy) is 1. The summed E-state index contributed by atoms with van der Waals surface area (Å²) < 4.78 is 5.53. The third-order valence-electron chi connectivity index (χ3n) is 3.36. The topological polar surface area (TPSA) is 71.5 Å². The van der Waals surface area contributed by atoms with E-state index in [1.165, 1.54) is 6.20 Å². The number of carbonyl (C=O) groups excluding carboxylic acids is 2. The molecular weight excluding hydrogens is 358 g/mol. The Labute approximate surface area is 153 Å². The lowest BCUT2D eigenvalue weighted by atomic mass is 10.2. The summed E-state index contributed by atoms with van der Waals surface area (Å²) in [5, 5.41) is 1.07. The minimum absolute atomic E-state index is 0.253. The minimum Gasteiger partial charge on any atom is -0.496 e. The van der Waals surface area contributed by atoms with Crippen molar-refractivity contribution in [2.45, 2.75) is 0 Å². The van der Waals surface area contributed by atoms with Crippen LogP contribution in [0.1, 0.15) is 15.9 Å². The zero-order valence-corrected chi connectivity index (χ0v) is 14.8. The van der Waals surface area contributed by atoms with Gasteiger partial charge >= 0.3 is 0 Å². The second kappa shape index (κ2) is 7.45. The SMILES string of the molecule is COc1ccccc1C=C1SC(=S)N(NC(=O)c2cccnc2)C1=O. The van der Waals surface area contributed by atoms with E-state index >= 15 is 0 Å². The van der Waals surface area contributed by atoms with Crippen LogP contribution < -0.4 is 10.2 Å². The van der Waals surface area contributed by atoms with Crippen LogP contribution >= 0.6 is 24.0 Å². The largest absolute Gasteiger partial charge is 0.496 e. The van der Waals surface area contributed by atoms with Crippen LogP contribution in [-0.4, -0.2) is 33.2 Å². The quantitative estimate of drug-likeness (QED) is 0.658. The number of para-hydroxylation sites is 1.